The van der Waals surface area contributed by atoms with Crippen LogP contribution in [0.3, 0.4) is 0 Å². The predicted octanol–water partition coefficient (Wildman–Crippen LogP) is 3.50. The number of methoxy groups -OCH3 is 1. The van der Waals surface area contributed by atoms with Crippen LogP contribution in [0.15, 0.2) is 42.5 Å². The number of hydrogen-bond donors (Lipinski definition) is 0. The zero-order valence-corrected chi connectivity index (χ0v) is 11.3. The van der Waals surface area contributed by atoms with Crippen LogP contribution in [0.25, 0.3) is 0 Å². The molecule has 0 aliphatic carbocycles. The van der Waals surface area contributed by atoms with Gasteiger partial charge in [-0.3, -0.25) is 4.79 Å². The van der Waals surface area contributed by atoms with E-state index < -0.39 is 17.6 Å². The summed E-state index contributed by atoms with van der Waals surface area (Å²) in [6.07, 6.45) is 0. The third-order valence-corrected chi connectivity index (χ3v) is 2.92. The molecule has 3 nitrogen and oxygen atoms in total. The largest absolute Gasteiger partial charge is 0.465 e. The lowest BCUT2D eigenvalue weighted by atomic mass is 9.98. The lowest BCUT2D eigenvalue weighted by Gasteiger charge is -2.07. The van der Waals surface area contributed by atoms with Crippen molar-refractivity contribution in [1.82, 2.24) is 0 Å². The lowest BCUT2D eigenvalue weighted by Crippen LogP contribution is -2.11. The number of rotatable bonds is 3. The number of benzene rings is 2. The van der Waals surface area contributed by atoms with Gasteiger partial charge in [-0.25, -0.2) is 9.18 Å². The molecule has 5 heteroatoms. The molecule has 0 atom stereocenters. The fraction of sp³-hybridized carbons (Fsp3) is 0.0667. The van der Waals surface area contributed by atoms with E-state index in [1.807, 2.05) is 0 Å². The number of carbonyl (C=O) groups is 2. The van der Waals surface area contributed by atoms with Crippen molar-refractivity contribution in [3.63, 3.8) is 0 Å². The van der Waals surface area contributed by atoms with Gasteiger partial charge in [0, 0.05) is 16.1 Å². The summed E-state index contributed by atoms with van der Waals surface area (Å²) < 4.78 is 17.9. The number of ketones is 1. The predicted molar refractivity (Wildman–Crippen MR) is 72.6 cm³/mol. The van der Waals surface area contributed by atoms with Crippen LogP contribution in [0.1, 0.15) is 26.3 Å². The highest BCUT2D eigenvalue weighted by Crippen LogP contribution is 2.20. The number of esters is 1. The van der Waals surface area contributed by atoms with Crippen molar-refractivity contribution in [1.29, 1.82) is 0 Å². The molecule has 0 saturated heterocycles. The van der Waals surface area contributed by atoms with Gasteiger partial charge in [0.15, 0.2) is 5.78 Å². The van der Waals surface area contributed by atoms with Crippen molar-refractivity contribution in [3.8, 4) is 0 Å². The zero-order chi connectivity index (χ0) is 14.7. The first-order valence-electron chi connectivity index (χ1n) is 5.71. The molecule has 2 aromatic carbocycles. The van der Waals surface area contributed by atoms with Gasteiger partial charge >= 0.3 is 5.97 Å². The minimum atomic E-state index is -0.628. The van der Waals surface area contributed by atoms with E-state index in [-0.39, 0.29) is 21.7 Å². The SMILES string of the molecule is COC(=O)c1ccccc1C(=O)c1cc(F)cc(Cl)c1. The highest BCUT2D eigenvalue weighted by molar-refractivity contribution is 6.31. The molecule has 0 spiro atoms. The molecule has 0 saturated carbocycles. The average Bonchev–Trinajstić information content (AvgIpc) is 2.44. The lowest BCUT2D eigenvalue weighted by molar-refractivity contribution is 0.0597. The van der Waals surface area contributed by atoms with E-state index in [9.17, 15) is 14.0 Å². The molecule has 0 aliphatic rings. The van der Waals surface area contributed by atoms with Crippen molar-refractivity contribution in [2.24, 2.45) is 0 Å². The Labute approximate surface area is 119 Å². The fourth-order valence-corrected chi connectivity index (χ4v) is 2.03. The maximum Gasteiger partial charge on any atom is 0.338 e. The normalized spacial score (nSPS) is 10.2. The van der Waals surface area contributed by atoms with Crippen molar-refractivity contribution >= 4 is 23.4 Å². The van der Waals surface area contributed by atoms with E-state index in [1.165, 1.54) is 25.3 Å². The highest BCUT2D eigenvalue weighted by atomic mass is 35.5. The Bertz CT molecular complexity index is 662. The molecule has 2 aromatic rings. The van der Waals surface area contributed by atoms with Crippen LogP contribution in [0.4, 0.5) is 4.39 Å². The molecular weight excluding hydrogens is 283 g/mol. The molecule has 0 fully saturated rings. The van der Waals surface area contributed by atoms with Crippen LogP contribution < -0.4 is 0 Å². The quantitative estimate of drug-likeness (QED) is 0.642. The van der Waals surface area contributed by atoms with Crippen molar-refractivity contribution in [3.05, 3.63) is 70.0 Å². The number of halogens is 2. The second-order valence-electron chi connectivity index (χ2n) is 4.02. The third-order valence-electron chi connectivity index (χ3n) is 2.70. The summed E-state index contributed by atoms with van der Waals surface area (Å²) in [7, 11) is 1.22. The molecule has 0 unspecified atom stereocenters. The molecule has 0 aliphatic heterocycles. The van der Waals surface area contributed by atoms with Gasteiger partial charge in [0.1, 0.15) is 5.82 Å². The Morgan fingerprint density at radius 2 is 1.75 bits per heavy atom. The van der Waals surface area contributed by atoms with Gasteiger partial charge in [-0.1, -0.05) is 29.8 Å². The summed E-state index contributed by atoms with van der Waals surface area (Å²) in [5.41, 5.74) is 0.341. The summed E-state index contributed by atoms with van der Waals surface area (Å²) >= 11 is 5.73. The minimum absolute atomic E-state index is 0.0753. The maximum atomic E-state index is 13.3. The number of carbonyl (C=O) groups excluding carboxylic acids is 2. The maximum absolute atomic E-state index is 13.3. The topological polar surface area (TPSA) is 43.4 Å². The van der Waals surface area contributed by atoms with Crippen LogP contribution >= 0.6 is 11.6 Å². The van der Waals surface area contributed by atoms with E-state index in [2.05, 4.69) is 4.74 Å². The van der Waals surface area contributed by atoms with E-state index in [4.69, 9.17) is 11.6 Å². The fourth-order valence-electron chi connectivity index (χ4n) is 1.81. The van der Waals surface area contributed by atoms with Gasteiger partial charge in [0.25, 0.3) is 0 Å². The highest BCUT2D eigenvalue weighted by Gasteiger charge is 2.19. The molecule has 0 N–H and O–H groups in total. The minimum Gasteiger partial charge on any atom is -0.465 e. The molecule has 20 heavy (non-hydrogen) atoms. The van der Waals surface area contributed by atoms with Crippen molar-refractivity contribution in [2.45, 2.75) is 0 Å². The first-order valence-corrected chi connectivity index (χ1v) is 6.09. The molecule has 0 heterocycles. The smallest absolute Gasteiger partial charge is 0.338 e. The summed E-state index contributed by atoms with van der Waals surface area (Å²) in [5.74, 6) is -1.74. The van der Waals surface area contributed by atoms with Crippen LogP contribution in [-0.4, -0.2) is 18.9 Å². The van der Waals surface area contributed by atoms with Gasteiger partial charge in [0.05, 0.1) is 12.7 Å². The van der Waals surface area contributed by atoms with Gasteiger partial charge < -0.3 is 4.74 Å². The van der Waals surface area contributed by atoms with Gasteiger partial charge in [-0.2, -0.15) is 0 Å². The molecule has 0 bridgehead atoms. The van der Waals surface area contributed by atoms with Crippen LogP contribution in [0.5, 0.6) is 0 Å². The van der Waals surface area contributed by atoms with E-state index in [1.54, 1.807) is 12.1 Å². The molecule has 0 amide bonds. The van der Waals surface area contributed by atoms with Crippen LogP contribution in [0, 0.1) is 5.82 Å². The summed E-state index contributed by atoms with van der Waals surface area (Å²) in [6, 6.07) is 9.70. The molecule has 2 rings (SSSR count). The number of hydrogen-bond acceptors (Lipinski definition) is 3. The monoisotopic (exact) mass is 292 g/mol. The summed E-state index contributed by atoms with van der Waals surface area (Å²) in [5, 5.41) is 0.115. The Morgan fingerprint density at radius 3 is 2.35 bits per heavy atom. The Kier molecular flexibility index (Phi) is 4.15. The summed E-state index contributed by atoms with van der Waals surface area (Å²) in [4.78, 5) is 24.0. The second-order valence-corrected chi connectivity index (χ2v) is 4.46. The van der Waals surface area contributed by atoms with Crippen LogP contribution in [0.2, 0.25) is 5.02 Å². The standard InChI is InChI=1S/C15H10ClFO3/c1-20-15(19)13-5-3-2-4-12(13)14(18)9-6-10(16)8-11(17)7-9/h2-8H,1H3. The first kappa shape index (κ1) is 14.2. The van der Waals surface area contributed by atoms with Crippen molar-refractivity contribution < 1.29 is 18.7 Å². The van der Waals surface area contributed by atoms with Gasteiger partial charge in [0.2, 0.25) is 0 Å². The Hall–Kier alpha value is -2.20. The molecule has 0 radical (unpaired) electrons. The zero-order valence-electron chi connectivity index (χ0n) is 10.5. The van der Waals surface area contributed by atoms with Gasteiger partial charge in [-0.05, 0) is 24.3 Å². The second kappa shape index (κ2) is 5.84. The molecular formula is C15H10ClFO3. The molecule has 0 aromatic heterocycles. The Balaban J connectivity index is 2.51. The first-order chi connectivity index (χ1) is 9.52. The number of ether oxygens (including phenoxy) is 1. The van der Waals surface area contributed by atoms with E-state index in [0.717, 1.165) is 12.1 Å². The Morgan fingerprint density at radius 1 is 1.10 bits per heavy atom. The van der Waals surface area contributed by atoms with E-state index in [0.29, 0.717) is 0 Å². The van der Waals surface area contributed by atoms with Crippen LogP contribution in [-0.2, 0) is 4.74 Å². The third kappa shape index (κ3) is 2.86. The van der Waals surface area contributed by atoms with Gasteiger partial charge in [-0.15, -0.1) is 0 Å². The summed E-state index contributed by atoms with van der Waals surface area (Å²) in [6.45, 7) is 0. The van der Waals surface area contributed by atoms with E-state index >= 15 is 0 Å². The van der Waals surface area contributed by atoms with Crippen molar-refractivity contribution in [2.75, 3.05) is 7.11 Å². The molecule has 102 valence electrons. The average molecular weight is 293 g/mol.